The fraction of sp³-hybridized carbons (Fsp3) is 0.556. The third-order valence-electron chi connectivity index (χ3n) is 2.22. The van der Waals surface area contributed by atoms with Crippen LogP contribution in [-0.2, 0) is 4.74 Å². The first-order valence-corrected chi connectivity index (χ1v) is 5.38. The van der Waals surface area contributed by atoms with Crippen molar-refractivity contribution >= 4 is 16.3 Å². The van der Waals surface area contributed by atoms with Gasteiger partial charge < -0.3 is 15.4 Å². The van der Waals surface area contributed by atoms with Crippen molar-refractivity contribution in [2.24, 2.45) is 5.73 Å². The van der Waals surface area contributed by atoms with Gasteiger partial charge in [0.1, 0.15) is 0 Å². The van der Waals surface area contributed by atoms with E-state index in [1.165, 1.54) is 5.00 Å². The van der Waals surface area contributed by atoms with Crippen LogP contribution >= 0.6 is 11.3 Å². The van der Waals surface area contributed by atoms with Gasteiger partial charge in [-0.05, 0) is 17.5 Å². The van der Waals surface area contributed by atoms with Crippen molar-refractivity contribution in [1.82, 2.24) is 0 Å². The fourth-order valence-corrected chi connectivity index (χ4v) is 2.28. The third-order valence-corrected chi connectivity index (χ3v) is 3.15. The highest BCUT2D eigenvalue weighted by atomic mass is 32.1. The smallest absolute Gasteiger partial charge is 0.0910 e. The molecule has 0 aliphatic carbocycles. The van der Waals surface area contributed by atoms with Crippen molar-refractivity contribution in [3.05, 3.63) is 17.5 Å². The predicted molar refractivity (Wildman–Crippen MR) is 55.3 cm³/mol. The fourth-order valence-electron chi connectivity index (χ4n) is 1.51. The molecule has 0 bridgehead atoms. The van der Waals surface area contributed by atoms with E-state index in [9.17, 15) is 0 Å². The Balaban J connectivity index is 2.00. The third kappa shape index (κ3) is 2.02. The summed E-state index contributed by atoms with van der Waals surface area (Å²) in [6, 6.07) is 4.22. The summed E-state index contributed by atoms with van der Waals surface area (Å²) in [5, 5.41) is 3.42. The summed E-state index contributed by atoms with van der Waals surface area (Å²) in [4.78, 5) is 2.34. The molecule has 0 amide bonds. The molecular formula is C9H14N2OS. The lowest BCUT2D eigenvalue weighted by Crippen LogP contribution is -2.45. The normalized spacial score (nSPS) is 23.5. The van der Waals surface area contributed by atoms with Gasteiger partial charge >= 0.3 is 0 Å². The van der Waals surface area contributed by atoms with Crippen molar-refractivity contribution in [3.8, 4) is 0 Å². The van der Waals surface area contributed by atoms with E-state index in [4.69, 9.17) is 10.5 Å². The van der Waals surface area contributed by atoms with E-state index in [1.54, 1.807) is 11.3 Å². The van der Waals surface area contributed by atoms with Gasteiger partial charge in [-0.3, -0.25) is 0 Å². The Labute approximate surface area is 82.1 Å². The zero-order valence-corrected chi connectivity index (χ0v) is 8.30. The monoisotopic (exact) mass is 198 g/mol. The molecule has 1 aliphatic heterocycles. The summed E-state index contributed by atoms with van der Waals surface area (Å²) in [6.45, 7) is 3.32. The van der Waals surface area contributed by atoms with Crippen molar-refractivity contribution in [2.75, 3.05) is 31.1 Å². The van der Waals surface area contributed by atoms with Crippen LogP contribution in [0.15, 0.2) is 17.5 Å². The summed E-state index contributed by atoms with van der Waals surface area (Å²) in [5.41, 5.74) is 5.57. The number of hydrogen-bond donors (Lipinski definition) is 1. The molecule has 1 aromatic rings. The van der Waals surface area contributed by atoms with E-state index in [0.717, 1.165) is 19.7 Å². The zero-order valence-electron chi connectivity index (χ0n) is 7.48. The van der Waals surface area contributed by atoms with Gasteiger partial charge in [-0.15, -0.1) is 11.3 Å². The van der Waals surface area contributed by atoms with Crippen LogP contribution in [0.3, 0.4) is 0 Å². The molecule has 2 N–H and O–H groups in total. The molecular weight excluding hydrogens is 184 g/mol. The minimum atomic E-state index is 0.204. The molecule has 1 fully saturated rings. The summed E-state index contributed by atoms with van der Waals surface area (Å²) in [5.74, 6) is 0. The van der Waals surface area contributed by atoms with Gasteiger partial charge in [-0.2, -0.15) is 0 Å². The Kier molecular flexibility index (Phi) is 2.83. The maximum Gasteiger partial charge on any atom is 0.0910 e. The molecule has 4 heteroatoms. The van der Waals surface area contributed by atoms with Gasteiger partial charge in [0.15, 0.2) is 0 Å². The number of hydrogen-bond acceptors (Lipinski definition) is 4. The molecule has 72 valence electrons. The topological polar surface area (TPSA) is 38.5 Å². The molecule has 0 aromatic carbocycles. The number of rotatable bonds is 2. The van der Waals surface area contributed by atoms with Gasteiger partial charge in [0.05, 0.1) is 17.7 Å². The Morgan fingerprint density at radius 3 is 3.31 bits per heavy atom. The summed E-state index contributed by atoms with van der Waals surface area (Å²) in [6.07, 6.45) is 0.204. The van der Waals surface area contributed by atoms with Crippen molar-refractivity contribution in [1.29, 1.82) is 0 Å². The number of morpholine rings is 1. The zero-order chi connectivity index (χ0) is 9.10. The van der Waals surface area contributed by atoms with Gasteiger partial charge in [0.25, 0.3) is 0 Å². The molecule has 2 heterocycles. The molecule has 0 radical (unpaired) electrons. The second-order valence-electron chi connectivity index (χ2n) is 3.13. The molecule has 2 rings (SSSR count). The summed E-state index contributed by atoms with van der Waals surface area (Å²) >= 11 is 1.77. The standard InChI is InChI=1S/C9H14N2OS/c10-6-8-7-11(3-4-12-8)9-2-1-5-13-9/h1-2,5,8H,3-4,6-7,10H2/t8-/m0/s1. The number of ether oxygens (including phenoxy) is 1. The minimum absolute atomic E-state index is 0.204. The van der Waals surface area contributed by atoms with E-state index >= 15 is 0 Å². The molecule has 1 aromatic heterocycles. The van der Waals surface area contributed by atoms with Gasteiger partial charge in [0, 0.05) is 19.6 Å². The molecule has 3 nitrogen and oxygen atoms in total. The van der Waals surface area contributed by atoms with Gasteiger partial charge in [-0.25, -0.2) is 0 Å². The number of nitrogens with zero attached hydrogens (tertiary/aromatic N) is 1. The van der Waals surface area contributed by atoms with Crippen molar-refractivity contribution < 1.29 is 4.74 Å². The lowest BCUT2D eigenvalue weighted by Gasteiger charge is -2.32. The molecule has 1 atom stereocenters. The maximum absolute atomic E-state index is 5.57. The van der Waals surface area contributed by atoms with Gasteiger partial charge in [-0.1, -0.05) is 0 Å². The largest absolute Gasteiger partial charge is 0.373 e. The number of anilines is 1. The first-order chi connectivity index (χ1) is 6.40. The molecule has 0 spiro atoms. The number of nitrogens with two attached hydrogens (primary N) is 1. The van der Waals surface area contributed by atoms with Crippen molar-refractivity contribution in [2.45, 2.75) is 6.10 Å². The van der Waals surface area contributed by atoms with Crippen LogP contribution in [-0.4, -0.2) is 32.3 Å². The van der Waals surface area contributed by atoms with Crippen LogP contribution in [0.5, 0.6) is 0 Å². The lowest BCUT2D eigenvalue weighted by atomic mass is 10.3. The van der Waals surface area contributed by atoms with E-state index in [-0.39, 0.29) is 6.10 Å². The molecule has 0 unspecified atom stereocenters. The van der Waals surface area contributed by atoms with Gasteiger partial charge in [0.2, 0.25) is 0 Å². The van der Waals surface area contributed by atoms with E-state index in [1.807, 2.05) is 0 Å². The van der Waals surface area contributed by atoms with Crippen LogP contribution in [0.25, 0.3) is 0 Å². The van der Waals surface area contributed by atoms with E-state index in [0.29, 0.717) is 6.54 Å². The highest BCUT2D eigenvalue weighted by molar-refractivity contribution is 7.14. The average molecular weight is 198 g/mol. The van der Waals surface area contributed by atoms with Crippen LogP contribution < -0.4 is 10.6 Å². The maximum atomic E-state index is 5.57. The second kappa shape index (κ2) is 4.09. The molecule has 13 heavy (non-hydrogen) atoms. The molecule has 0 saturated carbocycles. The van der Waals surface area contributed by atoms with Crippen LogP contribution in [0, 0.1) is 0 Å². The molecule has 1 aliphatic rings. The SMILES string of the molecule is NC[C@H]1CN(c2cccs2)CCO1. The van der Waals surface area contributed by atoms with Crippen LogP contribution in [0.2, 0.25) is 0 Å². The van der Waals surface area contributed by atoms with Crippen LogP contribution in [0.1, 0.15) is 0 Å². The Morgan fingerprint density at radius 2 is 2.62 bits per heavy atom. The Morgan fingerprint density at radius 1 is 1.69 bits per heavy atom. The number of thiophene rings is 1. The Hall–Kier alpha value is -0.580. The minimum Gasteiger partial charge on any atom is -0.373 e. The molecule has 1 saturated heterocycles. The first kappa shape index (κ1) is 8.99. The Bertz CT molecular complexity index is 250. The average Bonchev–Trinajstić information content (AvgIpc) is 2.71. The second-order valence-corrected chi connectivity index (χ2v) is 4.05. The van der Waals surface area contributed by atoms with Crippen molar-refractivity contribution in [3.63, 3.8) is 0 Å². The summed E-state index contributed by atoms with van der Waals surface area (Å²) < 4.78 is 5.49. The predicted octanol–water partition coefficient (Wildman–Crippen LogP) is 0.912. The summed E-state index contributed by atoms with van der Waals surface area (Å²) in [7, 11) is 0. The highest BCUT2D eigenvalue weighted by Gasteiger charge is 2.19. The van der Waals surface area contributed by atoms with E-state index in [2.05, 4.69) is 22.4 Å². The van der Waals surface area contributed by atoms with E-state index < -0.39 is 0 Å². The first-order valence-electron chi connectivity index (χ1n) is 4.50. The van der Waals surface area contributed by atoms with Crippen LogP contribution in [0.4, 0.5) is 5.00 Å². The highest BCUT2D eigenvalue weighted by Crippen LogP contribution is 2.22. The quantitative estimate of drug-likeness (QED) is 0.767. The lowest BCUT2D eigenvalue weighted by molar-refractivity contribution is 0.0468.